The highest BCUT2D eigenvalue weighted by Gasteiger charge is 2.27. The fraction of sp³-hybridized carbons (Fsp3) is 0.438. The molecule has 2 N–H and O–H groups in total. The standard InChI is InChI=1S/C32H40N2O4S/c1-19(2)25-14-22(15-26(20(3)4)29(25)35)23(16-33)18-39(37,38)24(17-34)11-21-12-27(31(5,6)7)30(36)28(13-21)32(8,9)10/h11-15,18-20,35-36H,1-10H3/b23-18-,24-11+. The van der Waals surface area contributed by atoms with Crippen molar-refractivity contribution in [2.45, 2.75) is 91.9 Å². The first-order chi connectivity index (χ1) is 17.7. The molecule has 0 radical (unpaired) electrons. The third-order valence-electron chi connectivity index (χ3n) is 6.58. The zero-order chi connectivity index (χ0) is 30.1. The molecule has 0 saturated carbocycles. The Labute approximate surface area is 233 Å². The van der Waals surface area contributed by atoms with Gasteiger partial charge in [-0.15, -0.1) is 0 Å². The number of nitrogens with zero attached hydrogens (tertiary/aromatic N) is 2. The van der Waals surface area contributed by atoms with Crippen LogP contribution < -0.4 is 0 Å². The van der Waals surface area contributed by atoms with Gasteiger partial charge in [0, 0.05) is 11.1 Å². The van der Waals surface area contributed by atoms with Crippen LogP contribution in [0.25, 0.3) is 11.6 Å². The number of phenols is 2. The van der Waals surface area contributed by atoms with E-state index in [1.54, 1.807) is 30.3 Å². The number of phenolic OH excluding ortho intramolecular Hbond substituents is 2. The molecule has 0 saturated heterocycles. The van der Waals surface area contributed by atoms with E-state index in [9.17, 15) is 29.2 Å². The predicted molar refractivity (Wildman–Crippen MR) is 158 cm³/mol. The van der Waals surface area contributed by atoms with Crippen LogP contribution in [0, 0.1) is 22.7 Å². The molecule has 0 aliphatic carbocycles. The summed E-state index contributed by atoms with van der Waals surface area (Å²) in [6.07, 6.45) is 1.28. The Morgan fingerprint density at radius 1 is 0.795 bits per heavy atom. The van der Waals surface area contributed by atoms with Crippen LogP contribution in [0.5, 0.6) is 11.5 Å². The molecule has 0 aliphatic rings. The predicted octanol–water partition coefficient (Wildman–Crippen LogP) is 7.78. The second-order valence-electron chi connectivity index (χ2n) is 12.6. The fourth-order valence-corrected chi connectivity index (χ4v) is 5.36. The summed E-state index contributed by atoms with van der Waals surface area (Å²) in [7, 11) is -4.32. The first-order valence-corrected chi connectivity index (χ1v) is 14.5. The van der Waals surface area contributed by atoms with Crippen LogP contribution in [0.2, 0.25) is 0 Å². The van der Waals surface area contributed by atoms with Crippen LogP contribution in [-0.2, 0) is 20.7 Å². The van der Waals surface area contributed by atoms with E-state index in [1.165, 1.54) is 6.08 Å². The molecule has 2 rings (SSSR count). The van der Waals surface area contributed by atoms with Gasteiger partial charge < -0.3 is 10.2 Å². The maximum atomic E-state index is 13.4. The lowest BCUT2D eigenvalue weighted by atomic mass is 9.78. The van der Waals surface area contributed by atoms with Gasteiger partial charge in [0.1, 0.15) is 28.5 Å². The second-order valence-corrected chi connectivity index (χ2v) is 14.4. The van der Waals surface area contributed by atoms with Crippen LogP contribution in [-0.4, -0.2) is 18.6 Å². The van der Waals surface area contributed by atoms with E-state index in [2.05, 4.69) is 0 Å². The summed E-state index contributed by atoms with van der Waals surface area (Å²) in [4.78, 5) is -0.521. The lowest BCUT2D eigenvalue weighted by molar-refractivity contribution is 0.423. The minimum absolute atomic E-state index is 0.0583. The SMILES string of the molecule is CC(C)c1cc(/C(C#N)=C\S(=O)(=O)/C(C#N)=C/c2cc(C(C)(C)C)c(O)c(C(C)(C)C)c2)cc(C(C)C)c1O. The Hall–Kier alpha value is -3.55. The Kier molecular flexibility index (Phi) is 9.16. The molecule has 0 bridgehead atoms. The molecule has 0 heterocycles. The first kappa shape index (κ1) is 31.7. The van der Waals surface area contributed by atoms with Gasteiger partial charge in [0.15, 0.2) is 0 Å². The van der Waals surface area contributed by atoms with E-state index in [4.69, 9.17) is 0 Å². The molecule has 0 atom stereocenters. The minimum atomic E-state index is -4.32. The molecule has 0 unspecified atom stereocenters. The van der Waals surface area contributed by atoms with Crippen molar-refractivity contribution in [1.29, 1.82) is 10.5 Å². The average molecular weight is 549 g/mol. The molecule has 0 amide bonds. The van der Waals surface area contributed by atoms with Gasteiger partial charge in [0.05, 0.1) is 11.0 Å². The average Bonchev–Trinajstić information content (AvgIpc) is 2.79. The monoisotopic (exact) mass is 548 g/mol. The number of rotatable bonds is 6. The smallest absolute Gasteiger partial charge is 0.211 e. The molecule has 0 spiro atoms. The Morgan fingerprint density at radius 3 is 1.56 bits per heavy atom. The van der Waals surface area contributed by atoms with Gasteiger partial charge in [-0.2, -0.15) is 10.5 Å². The van der Waals surface area contributed by atoms with E-state index < -0.39 is 25.6 Å². The Balaban J connectivity index is 2.80. The fourth-order valence-electron chi connectivity index (χ4n) is 4.31. The third kappa shape index (κ3) is 7.11. The molecule has 39 heavy (non-hydrogen) atoms. The lowest BCUT2D eigenvalue weighted by Crippen LogP contribution is -2.17. The summed E-state index contributed by atoms with van der Waals surface area (Å²) in [5.74, 6) is 0.168. The van der Waals surface area contributed by atoms with Gasteiger partial charge in [-0.05, 0) is 75.3 Å². The molecular formula is C32H40N2O4S. The van der Waals surface area contributed by atoms with Gasteiger partial charge in [-0.1, -0.05) is 69.2 Å². The number of hydrogen-bond acceptors (Lipinski definition) is 6. The molecule has 2 aromatic carbocycles. The molecule has 2 aromatic rings. The van der Waals surface area contributed by atoms with Crippen molar-refractivity contribution in [2.75, 3.05) is 0 Å². The third-order valence-corrected chi connectivity index (χ3v) is 7.95. The summed E-state index contributed by atoms with van der Waals surface area (Å²) in [5, 5.41) is 42.3. The molecule has 7 heteroatoms. The molecule has 208 valence electrons. The normalized spacial score (nSPS) is 13.5. The van der Waals surface area contributed by atoms with Crippen LogP contribution in [0.4, 0.5) is 0 Å². The van der Waals surface area contributed by atoms with Gasteiger partial charge in [-0.3, -0.25) is 0 Å². The second kappa shape index (κ2) is 11.3. The van der Waals surface area contributed by atoms with Crippen molar-refractivity contribution in [3.8, 4) is 23.6 Å². The van der Waals surface area contributed by atoms with Crippen LogP contribution in [0.1, 0.15) is 114 Å². The highest BCUT2D eigenvalue weighted by atomic mass is 32.2. The summed E-state index contributed by atoms with van der Waals surface area (Å²) >= 11 is 0. The summed E-state index contributed by atoms with van der Waals surface area (Å²) < 4.78 is 26.9. The number of sulfone groups is 1. The van der Waals surface area contributed by atoms with Crippen molar-refractivity contribution in [3.05, 3.63) is 68.0 Å². The Morgan fingerprint density at radius 2 is 1.23 bits per heavy atom. The van der Waals surface area contributed by atoms with E-state index in [0.29, 0.717) is 33.4 Å². The topological polar surface area (TPSA) is 122 Å². The Bertz CT molecular complexity index is 1450. The molecule has 0 aliphatic heterocycles. The van der Waals surface area contributed by atoms with Crippen molar-refractivity contribution in [3.63, 3.8) is 0 Å². The van der Waals surface area contributed by atoms with Crippen LogP contribution in [0.15, 0.2) is 34.6 Å². The summed E-state index contributed by atoms with van der Waals surface area (Å²) in [6.45, 7) is 19.3. The molecule has 0 aromatic heterocycles. The first-order valence-electron chi connectivity index (χ1n) is 13.0. The largest absolute Gasteiger partial charge is 0.507 e. The van der Waals surface area contributed by atoms with Crippen molar-refractivity contribution in [2.24, 2.45) is 0 Å². The zero-order valence-electron chi connectivity index (χ0n) is 24.6. The maximum Gasteiger partial charge on any atom is 0.211 e. The van der Waals surface area contributed by atoms with Crippen molar-refractivity contribution < 1.29 is 18.6 Å². The maximum absolute atomic E-state index is 13.4. The summed E-state index contributed by atoms with van der Waals surface area (Å²) in [5.41, 5.74) is 2.31. The zero-order valence-corrected chi connectivity index (χ0v) is 25.4. The minimum Gasteiger partial charge on any atom is -0.507 e. The van der Waals surface area contributed by atoms with Crippen LogP contribution >= 0.6 is 0 Å². The molecular weight excluding hydrogens is 508 g/mol. The highest BCUT2D eigenvalue weighted by molar-refractivity contribution is 7.98. The van der Waals surface area contributed by atoms with Gasteiger partial charge in [0.2, 0.25) is 9.84 Å². The van der Waals surface area contributed by atoms with Gasteiger partial charge in [0.25, 0.3) is 0 Å². The van der Waals surface area contributed by atoms with E-state index in [0.717, 1.165) is 5.41 Å². The van der Waals surface area contributed by atoms with E-state index >= 15 is 0 Å². The quantitative estimate of drug-likeness (QED) is 0.355. The van der Waals surface area contributed by atoms with Crippen LogP contribution in [0.3, 0.4) is 0 Å². The van der Waals surface area contributed by atoms with E-state index in [1.807, 2.05) is 75.3 Å². The number of nitriles is 2. The number of hydrogen-bond donors (Lipinski definition) is 2. The highest BCUT2D eigenvalue weighted by Crippen LogP contribution is 2.41. The lowest BCUT2D eigenvalue weighted by Gasteiger charge is -2.28. The summed E-state index contributed by atoms with van der Waals surface area (Å²) in [6, 6.07) is 10.4. The van der Waals surface area contributed by atoms with E-state index in [-0.39, 0.29) is 28.9 Å². The number of aromatic hydroxyl groups is 2. The number of benzene rings is 2. The van der Waals surface area contributed by atoms with Crippen molar-refractivity contribution in [1.82, 2.24) is 0 Å². The number of allylic oxidation sites excluding steroid dienone is 2. The molecule has 6 nitrogen and oxygen atoms in total. The van der Waals surface area contributed by atoms with Gasteiger partial charge in [-0.25, -0.2) is 8.42 Å². The van der Waals surface area contributed by atoms with Gasteiger partial charge >= 0.3 is 0 Å². The molecule has 0 fully saturated rings. The van der Waals surface area contributed by atoms with Crippen molar-refractivity contribution >= 4 is 21.5 Å².